The molecular weight excluding hydrogens is 300 g/mol. The van der Waals surface area contributed by atoms with Crippen LogP contribution in [0, 0.1) is 13.8 Å². The van der Waals surface area contributed by atoms with E-state index in [1.807, 2.05) is 32.0 Å². The van der Waals surface area contributed by atoms with Crippen LogP contribution < -0.4 is 15.6 Å². The number of carboxylic acid groups (broad SMARTS) is 1. The summed E-state index contributed by atoms with van der Waals surface area (Å²) < 4.78 is 5.54. The zero-order valence-electron chi connectivity index (χ0n) is 13.5. The highest BCUT2D eigenvalue weighted by Gasteiger charge is 2.15. The predicted octanol–water partition coefficient (Wildman–Crippen LogP) is 1.47. The molecule has 3 N–H and O–H groups in total. The molecule has 0 saturated heterocycles. The second kappa shape index (κ2) is 8.77. The number of hydrazine groups is 1. The van der Waals surface area contributed by atoms with Crippen molar-refractivity contribution in [2.75, 3.05) is 0 Å². The van der Waals surface area contributed by atoms with Crippen LogP contribution in [0.1, 0.15) is 37.3 Å². The van der Waals surface area contributed by atoms with Gasteiger partial charge in [0.15, 0.2) is 6.10 Å². The van der Waals surface area contributed by atoms with Crippen molar-refractivity contribution in [1.82, 2.24) is 10.9 Å². The number of benzene rings is 1. The van der Waals surface area contributed by atoms with E-state index < -0.39 is 23.9 Å². The third kappa shape index (κ3) is 7.30. The second-order valence-corrected chi connectivity index (χ2v) is 5.37. The molecule has 1 aromatic carbocycles. The second-order valence-electron chi connectivity index (χ2n) is 5.37. The lowest BCUT2D eigenvalue weighted by molar-refractivity contribution is -0.137. The minimum atomic E-state index is -0.961. The summed E-state index contributed by atoms with van der Waals surface area (Å²) in [6.07, 6.45) is -0.631. The van der Waals surface area contributed by atoms with E-state index in [1.165, 1.54) is 0 Å². The number of aliphatic carboxylic acids is 1. The number of hydrogen-bond acceptors (Lipinski definition) is 4. The lowest BCUT2D eigenvalue weighted by atomic mass is 10.1. The quantitative estimate of drug-likeness (QED) is 0.659. The fourth-order valence-corrected chi connectivity index (χ4v) is 1.95. The van der Waals surface area contributed by atoms with Gasteiger partial charge < -0.3 is 9.84 Å². The fourth-order valence-electron chi connectivity index (χ4n) is 1.95. The smallest absolute Gasteiger partial charge is 0.303 e. The number of aryl methyl sites for hydroxylation is 2. The van der Waals surface area contributed by atoms with Gasteiger partial charge in [-0.1, -0.05) is 6.07 Å². The highest BCUT2D eigenvalue weighted by Crippen LogP contribution is 2.17. The monoisotopic (exact) mass is 322 g/mol. The van der Waals surface area contributed by atoms with Crippen LogP contribution >= 0.6 is 0 Å². The summed E-state index contributed by atoms with van der Waals surface area (Å²) >= 11 is 0. The van der Waals surface area contributed by atoms with Crippen molar-refractivity contribution >= 4 is 17.8 Å². The molecule has 2 amide bonds. The third-order valence-corrected chi connectivity index (χ3v) is 3.00. The molecule has 7 heteroatoms. The van der Waals surface area contributed by atoms with Gasteiger partial charge in [0.05, 0.1) is 0 Å². The Labute approximate surface area is 135 Å². The molecule has 0 aliphatic carbocycles. The van der Waals surface area contributed by atoms with E-state index in [0.717, 1.165) is 11.1 Å². The Morgan fingerprint density at radius 3 is 2.26 bits per heavy atom. The first-order valence-electron chi connectivity index (χ1n) is 7.33. The molecule has 0 bridgehead atoms. The van der Waals surface area contributed by atoms with Gasteiger partial charge in [0.1, 0.15) is 5.75 Å². The SMILES string of the molecule is Cc1cc(C)cc(O[C@H](C)C(=O)NNC(=O)CCCC(=O)O)c1. The molecule has 23 heavy (non-hydrogen) atoms. The Hall–Kier alpha value is -2.57. The fraction of sp³-hybridized carbons (Fsp3) is 0.438. The number of nitrogens with one attached hydrogen (secondary N) is 2. The van der Waals surface area contributed by atoms with E-state index in [2.05, 4.69) is 10.9 Å². The first-order valence-corrected chi connectivity index (χ1v) is 7.33. The molecular formula is C16H22N2O5. The molecule has 1 rings (SSSR count). The molecule has 0 unspecified atom stereocenters. The molecule has 1 aromatic rings. The average Bonchev–Trinajstić information content (AvgIpc) is 2.43. The van der Waals surface area contributed by atoms with Crippen molar-refractivity contribution in [2.24, 2.45) is 0 Å². The van der Waals surface area contributed by atoms with Crippen LogP contribution in [0.2, 0.25) is 0 Å². The molecule has 0 saturated carbocycles. The van der Waals surface area contributed by atoms with Crippen LogP contribution in [-0.2, 0) is 14.4 Å². The topological polar surface area (TPSA) is 105 Å². The molecule has 0 fully saturated rings. The van der Waals surface area contributed by atoms with Gasteiger partial charge in [0.2, 0.25) is 5.91 Å². The van der Waals surface area contributed by atoms with Crippen LogP contribution in [-0.4, -0.2) is 29.0 Å². The summed E-state index contributed by atoms with van der Waals surface area (Å²) in [5, 5.41) is 8.48. The van der Waals surface area contributed by atoms with Crippen molar-refractivity contribution in [1.29, 1.82) is 0 Å². The summed E-state index contributed by atoms with van der Waals surface area (Å²) in [4.78, 5) is 33.6. The standard InChI is InChI=1S/C16H22N2O5/c1-10-7-11(2)9-13(8-10)23-12(3)16(22)18-17-14(19)5-4-6-15(20)21/h7-9,12H,4-6H2,1-3H3,(H,17,19)(H,18,22)(H,20,21)/t12-/m1/s1. The Morgan fingerprint density at radius 1 is 1.09 bits per heavy atom. The summed E-state index contributed by atoms with van der Waals surface area (Å²) in [5.41, 5.74) is 6.55. The maximum absolute atomic E-state index is 11.9. The molecule has 0 aliphatic rings. The Balaban J connectivity index is 2.39. The van der Waals surface area contributed by atoms with Crippen molar-refractivity contribution in [3.63, 3.8) is 0 Å². The van der Waals surface area contributed by atoms with Gasteiger partial charge in [-0.05, 0) is 50.5 Å². The Kier molecular flexibility index (Phi) is 7.05. The van der Waals surface area contributed by atoms with Crippen LogP contribution in [0.5, 0.6) is 5.75 Å². The average molecular weight is 322 g/mol. The Morgan fingerprint density at radius 2 is 1.70 bits per heavy atom. The molecule has 126 valence electrons. The van der Waals surface area contributed by atoms with E-state index in [-0.39, 0.29) is 19.3 Å². The van der Waals surface area contributed by atoms with Crippen molar-refractivity contribution in [2.45, 2.75) is 46.1 Å². The zero-order valence-corrected chi connectivity index (χ0v) is 13.5. The number of hydrogen-bond donors (Lipinski definition) is 3. The van der Waals surface area contributed by atoms with Gasteiger partial charge in [0, 0.05) is 12.8 Å². The number of carboxylic acids is 1. The Bertz CT molecular complexity index is 566. The summed E-state index contributed by atoms with van der Waals surface area (Å²) in [7, 11) is 0. The van der Waals surface area contributed by atoms with E-state index in [0.29, 0.717) is 5.75 Å². The minimum Gasteiger partial charge on any atom is -0.481 e. The van der Waals surface area contributed by atoms with E-state index >= 15 is 0 Å². The highest BCUT2D eigenvalue weighted by molar-refractivity contribution is 5.84. The lowest BCUT2D eigenvalue weighted by Crippen LogP contribution is -2.47. The molecule has 0 radical (unpaired) electrons. The minimum absolute atomic E-state index is 0.0267. The normalized spacial score (nSPS) is 11.4. The van der Waals surface area contributed by atoms with Crippen LogP contribution in [0.3, 0.4) is 0 Å². The van der Waals surface area contributed by atoms with E-state index in [1.54, 1.807) is 6.92 Å². The van der Waals surface area contributed by atoms with Gasteiger partial charge in [-0.15, -0.1) is 0 Å². The van der Waals surface area contributed by atoms with Gasteiger partial charge in [-0.3, -0.25) is 25.2 Å². The van der Waals surface area contributed by atoms with Gasteiger partial charge in [-0.25, -0.2) is 0 Å². The maximum atomic E-state index is 11.9. The number of carbonyl (C=O) groups is 3. The molecule has 0 aliphatic heterocycles. The first kappa shape index (κ1) is 18.5. The van der Waals surface area contributed by atoms with Crippen molar-refractivity contribution < 1.29 is 24.2 Å². The summed E-state index contributed by atoms with van der Waals surface area (Å²) in [6, 6.07) is 5.64. The first-order chi connectivity index (χ1) is 10.8. The summed E-state index contributed by atoms with van der Waals surface area (Å²) in [5.74, 6) is -1.32. The molecule has 0 spiro atoms. The van der Waals surface area contributed by atoms with E-state index in [9.17, 15) is 14.4 Å². The number of rotatable bonds is 7. The number of carbonyl (C=O) groups excluding carboxylic acids is 2. The van der Waals surface area contributed by atoms with Gasteiger partial charge in [-0.2, -0.15) is 0 Å². The molecule has 7 nitrogen and oxygen atoms in total. The van der Waals surface area contributed by atoms with E-state index in [4.69, 9.17) is 9.84 Å². The largest absolute Gasteiger partial charge is 0.481 e. The number of ether oxygens (including phenoxy) is 1. The zero-order chi connectivity index (χ0) is 17.4. The van der Waals surface area contributed by atoms with Crippen LogP contribution in [0.15, 0.2) is 18.2 Å². The highest BCUT2D eigenvalue weighted by atomic mass is 16.5. The summed E-state index contributed by atoms with van der Waals surface area (Å²) in [6.45, 7) is 5.44. The maximum Gasteiger partial charge on any atom is 0.303 e. The van der Waals surface area contributed by atoms with Gasteiger partial charge in [0.25, 0.3) is 5.91 Å². The lowest BCUT2D eigenvalue weighted by Gasteiger charge is -2.16. The number of amides is 2. The molecule has 1 atom stereocenters. The molecule has 0 aromatic heterocycles. The third-order valence-electron chi connectivity index (χ3n) is 3.00. The predicted molar refractivity (Wildman–Crippen MR) is 83.8 cm³/mol. The van der Waals surface area contributed by atoms with Crippen molar-refractivity contribution in [3.8, 4) is 5.75 Å². The van der Waals surface area contributed by atoms with Gasteiger partial charge >= 0.3 is 5.97 Å². The van der Waals surface area contributed by atoms with Crippen molar-refractivity contribution in [3.05, 3.63) is 29.3 Å². The van der Waals surface area contributed by atoms with Crippen LogP contribution in [0.4, 0.5) is 0 Å². The molecule has 0 heterocycles. The van der Waals surface area contributed by atoms with Crippen LogP contribution in [0.25, 0.3) is 0 Å².